The van der Waals surface area contributed by atoms with Crippen molar-refractivity contribution in [3.63, 3.8) is 0 Å². The molecule has 7 nitrogen and oxygen atoms in total. The van der Waals surface area contributed by atoms with E-state index in [9.17, 15) is 9.59 Å². The minimum absolute atomic E-state index is 0.258. The van der Waals surface area contributed by atoms with E-state index >= 15 is 0 Å². The highest BCUT2D eigenvalue weighted by molar-refractivity contribution is 5.99. The maximum absolute atomic E-state index is 12.5. The maximum Gasteiger partial charge on any atom is 0.331 e. The molecule has 3 rings (SSSR count). The average Bonchev–Trinajstić information content (AvgIpc) is 3.06. The fraction of sp³-hybridized carbons (Fsp3) is 0.316. The summed E-state index contributed by atoms with van der Waals surface area (Å²) in [5.41, 5.74) is 3.65. The highest BCUT2D eigenvalue weighted by Gasteiger charge is 2.22. The van der Waals surface area contributed by atoms with Crippen LogP contribution in [0.1, 0.15) is 35.2 Å². The van der Waals surface area contributed by atoms with Crippen molar-refractivity contribution < 1.29 is 18.7 Å². The summed E-state index contributed by atoms with van der Waals surface area (Å²) in [6.45, 7) is 5.89. The molecule has 0 saturated heterocycles. The van der Waals surface area contributed by atoms with Crippen molar-refractivity contribution in [2.75, 3.05) is 6.61 Å². The molecule has 0 atom stereocenters. The van der Waals surface area contributed by atoms with E-state index in [-0.39, 0.29) is 17.6 Å². The van der Waals surface area contributed by atoms with Crippen LogP contribution >= 0.6 is 0 Å². The highest BCUT2D eigenvalue weighted by atomic mass is 16.5. The van der Waals surface area contributed by atoms with Gasteiger partial charge in [-0.05, 0) is 38.8 Å². The Labute approximate surface area is 151 Å². The van der Waals surface area contributed by atoms with Gasteiger partial charge in [-0.15, -0.1) is 5.10 Å². The first-order chi connectivity index (χ1) is 12.4. The first-order valence-corrected chi connectivity index (χ1v) is 8.40. The molecular formula is C19H21N3O4. The minimum Gasteiger partial charge on any atom is -0.463 e. The summed E-state index contributed by atoms with van der Waals surface area (Å²) in [6.07, 6.45) is 7.35. The van der Waals surface area contributed by atoms with E-state index in [1.54, 1.807) is 23.8 Å². The Morgan fingerprint density at radius 2 is 2.15 bits per heavy atom. The van der Waals surface area contributed by atoms with Gasteiger partial charge in [0.25, 0.3) is 5.91 Å². The van der Waals surface area contributed by atoms with Crippen LogP contribution < -0.4 is 5.32 Å². The van der Waals surface area contributed by atoms with E-state index in [1.165, 1.54) is 6.08 Å². The number of ether oxygens (including phenoxy) is 1. The van der Waals surface area contributed by atoms with Gasteiger partial charge in [-0.1, -0.05) is 12.2 Å². The summed E-state index contributed by atoms with van der Waals surface area (Å²) < 4.78 is 12.3. The Balaban J connectivity index is 1.72. The van der Waals surface area contributed by atoms with Crippen molar-refractivity contribution in [2.24, 2.45) is 7.05 Å². The van der Waals surface area contributed by atoms with Crippen LogP contribution in [0.3, 0.4) is 0 Å². The van der Waals surface area contributed by atoms with Gasteiger partial charge in [0.1, 0.15) is 0 Å². The Bertz CT molecular complexity index is 973. The topological polar surface area (TPSA) is 86.4 Å². The number of carbonyl (C=O) groups excluding carboxylic acids is 2. The van der Waals surface area contributed by atoms with Gasteiger partial charge in [-0.2, -0.15) is 0 Å². The average molecular weight is 355 g/mol. The van der Waals surface area contributed by atoms with Crippen molar-refractivity contribution in [1.29, 1.82) is 0 Å². The molecule has 7 heteroatoms. The number of aryl methyl sites for hydroxylation is 3. The van der Waals surface area contributed by atoms with Gasteiger partial charge in [-0.25, -0.2) is 4.79 Å². The van der Waals surface area contributed by atoms with Crippen molar-refractivity contribution in [2.45, 2.75) is 27.2 Å². The smallest absolute Gasteiger partial charge is 0.331 e. The summed E-state index contributed by atoms with van der Waals surface area (Å²) in [7, 11) is 1.84. The normalized spacial score (nSPS) is 15.4. The second-order valence-corrected chi connectivity index (χ2v) is 6.07. The van der Waals surface area contributed by atoms with Gasteiger partial charge in [-0.3, -0.25) is 9.48 Å². The molecule has 0 aromatic carbocycles. The fourth-order valence-electron chi connectivity index (χ4n) is 2.87. The number of carbonyl (C=O) groups is 2. The number of esters is 1. The third-order valence-corrected chi connectivity index (χ3v) is 4.30. The molecule has 2 heterocycles. The molecule has 2 aromatic heterocycles. The Kier molecular flexibility index (Phi) is 4.79. The summed E-state index contributed by atoms with van der Waals surface area (Å²) in [5, 5.41) is 7.96. The van der Waals surface area contributed by atoms with Gasteiger partial charge in [0.2, 0.25) is 5.71 Å². The van der Waals surface area contributed by atoms with Crippen LogP contribution in [0.25, 0.3) is 11.1 Å². The SMILES string of the molecule is CCOC(=O)C=C1C=CC(NC(=O)c2oc3nn(C)c(C)c3c2C)=CC1. The molecule has 0 fully saturated rings. The van der Waals surface area contributed by atoms with E-state index in [1.807, 2.05) is 27.0 Å². The number of allylic oxidation sites excluding steroid dienone is 4. The molecule has 1 aliphatic carbocycles. The van der Waals surface area contributed by atoms with E-state index in [2.05, 4.69) is 10.4 Å². The first-order valence-electron chi connectivity index (χ1n) is 8.40. The molecular weight excluding hydrogens is 334 g/mol. The second-order valence-electron chi connectivity index (χ2n) is 6.07. The van der Waals surface area contributed by atoms with E-state index < -0.39 is 0 Å². The van der Waals surface area contributed by atoms with Crippen molar-refractivity contribution in [1.82, 2.24) is 15.1 Å². The number of hydrogen-bond donors (Lipinski definition) is 1. The third kappa shape index (κ3) is 3.33. The number of nitrogens with one attached hydrogen (secondary N) is 1. The van der Waals surface area contributed by atoms with Crippen molar-refractivity contribution >= 4 is 23.0 Å². The molecule has 1 amide bonds. The lowest BCUT2D eigenvalue weighted by Crippen LogP contribution is -2.23. The molecule has 0 radical (unpaired) electrons. The van der Waals surface area contributed by atoms with Gasteiger partial charge in [0.15, 0.2) is 5.76 Å². The summed E-state index contributed by atoms with van der Waals surface area (Å²) in [6, 6.07) is 0. The maximum atomic E-state index is 12.5. The molecule has 0 aliphatic heterocycles. The first kappa shape index (κ1) is 17.7. The van der Waals surface area contributed by atoms with Gasteiger partial charge < -0.3 is 14.5 Å². The minimum atomic E-state index is -0.367. The number of hydrogen-bond acceptors (Lipinski definition) is 5. The lowest BCUT2D eigenvalue weighted by molar-refractivity contribution is -0.137. The number of furan rings is 1. The van der Waals surface area contributed by atoms with E-state index in [4.69, 9.17) is 9.15 Å². The van der Waals surface area contributed by atoms with Crippen LogP contribution in [0, 0.1) is 13.8 Å². The molecule has 0 saturated carbocycles. The Morgan fingerprint density at radius 1 is 1.38 bits per heavy atom. The lowest BCUT2D eigenvalue weighted by Gasteiger charge is -2.10. The standard InChI is InChI=1S/C19H21N3O4/c1-5-25-15(23)10-13-6-8-14(9-7-13)20-18(24)17-11(2)16-12(3)22(4)21-19(16)26-17/h6,8-10H,5,7H2,1-4H3,(H,20,24). The second kappa shape index (κ2) is 7.03. The number of rotatable bonds is 4. The third-order valence-electron chi connectivity index (χ3n) is 4.30. The van der Waals surface area contributed by atoms with Crippen LogP contribution in [0.4, 0.5) is 0 Å². The number of aromatic nitrogens is 2. The Morgan fingerprint density at radius 3 is 2.77 bits per heavy atom. The van der Waals surface area contributed by atoms with Crippen LogP contribution in [-0.2, 0) is 16.6 Å². The van der Waals surface area contributed by atoms with E-state index in [0.29, 0.717) is 24.4 Å². The molecule has 1 N–H and O–H groups in total. The summed E-state index contributed by atoms with van der Waals surface area (Å²) >= 11 is 0. The summed E-state index contributed by atoms with van der Waals surface area (Å²) in [5.74, 6) is -0.432. The fourth-order valence-corrected chi connectivity index (χ4v) is 2.87. The van der Waals surface area contributed by atoms with Crippen molar-refractivity contribution in [3.8, 4) is 0 Å². The quantitative estimate of drug-likeness (QED) is 0.673. The molecule has 2 aromatic rings. The van der Waals surface area contributed by atoms with Gasteiger partial charge >= 0.3 is 5.97 Å². The van der Waals surface area contributed by atoms with Crippen LogP contribution in [0.2, 0.25) is 0 Å². The lowest BCUT2D eigenvalue weighted by atomic mass is 10.1. The van der Waals surface area contributed by atoms with Crippen LogP contribution in [0.15, 0.2) is 40.0 Å². The predicted molar refractivity (Wildman–Crippen MR) is 96.5 cm³/mol. The number of nitrogens with zero attached hydrogens (tertiary/aromatic N) is 2. The van der Waals surface area contributed by atoms with E-state index in [0.717, 1.165) is 22.2 Å². The number of fused-ring (bicyclic) bond motifs is 1. The zero-order valence-corrected chi connectivity index (χ0v) is 15.3. The predicted octanol–water partition coefficient (Wildman–Crippen LogP) is 2.85. The number of amides is 1. The molecule has 26 heavy (non-hydrogen) atoms. The zero-order chi connectivity index (χ0) is 18.8. The largest absolute Gasteiger partial charge is 0.463 e. The zero-order valence-electron chi connectivity index (χ0n) is 15.3. The van der Waals surface area contributed by atoms with Gasteiger partial charge in [0.05, 0.1) is 12.0 Å². The molecule has 136 valence electrons. The monoisotopic (exact) mass is 355 g/mol. The van der Waals surface area contributed by atoms with Gasteiger partial charge in [0, 0.05) is 30.1 Å². The molecule has 1 aliphatic rings. The van der Waals surface area contributed by atoms with Crippen molar-refractivity contribution in [3.05, 3.63) is 52.6 Å². The van der Waals surface area contributed by atoms with Crippen LogP contribution in [-0.4, -0.2) is 28.3 Å². The Hall–Kier alpha value is -3.09. The summed E-state index contributed by atoms with van der Waals surface area (Å²) in [4.78, 5) is 24.0. The molecule has 0 unspecified atom stereocenters. The highest BCUT2D eigenvalue weighted by Crippen LogP contribution is 2.27. The molecule has 0 spiro atoms. The van der Waals surface area contributed by atoms with Crippen LogP contribution in [0.5, 0.6) is 0 Å². The molecule has 0 bridgehead atoms.